The van der Waals surface area contributed by atoms with Crippen LogP contribution < -0.4 is 4.74 Å². The van der Waals surface area contributed by atoms with Crippen molar-refractivity contribution in [1.29, 1.82) is 0 Å². The fourth-order valence-corrected chi connectivity index (χ4v) is 3.98. The summed E-state index contributed by atoms with van der Waals surface area (Å²) in [4.78, 5) is 10.1. The Balaban J connectivity index is 1.82. The van der Waals surface area contributed by atoms with Gasteiger partial charge in [0.2, 0.25) is 10.0 Å². The molecule has 0 fully saturated rings. The number of benzene rings is 3. The maximum Gasteiger partial charge on any atom is 0.289 e. The molecule has 7 nitrogen and oxygen atoms in total. The number of nitro benzene ring substituents is 1. The third-order valence-corrected chi connectivity index (χ3v) is 5.88. The Morgan fingerprint density at radius 1 is 0.929 bits per heavy atom. The van der Waals surface area contributed by atoms with E-state index in [2.05, 4.69) is 0 Å². The van der Waals surface area contributed by atoms with Crippen molar-refractivity contribution in [3.8, 4) is 11.5 Å². The predicted molar refractivity (Wildman–Crippen MR) is 105 cm³/mol. The highest BCUT2D eigenvalue weighted by Gasteiger charge is 2.29. The number of nitro groups is 1. The standard InChI is InChI=1S/C20H18N2O5S/c1-21(28(25,26)20-13-6-5-12-19(20)22(23)24)15-16-8-7-11-18(14-16)27-17-9-3-2-4-10-17/h2-14H,15H2,1H3. The molecule has 28 heavy (non-hydrogen) atoms. The van der Waals surface area contributed by atoms with E-state index in [1.54, 1.807) is 24.3 Å². The van der Waals surface area contributed by atoms with Crippen LogP contribution in [0.1, 0.15) is 5.56 Å². The van der Waals surface area contributed by atoms with Gasteiger partial charge < -0.3 is 4.74 Å². The van der Waals surface area contributed by atoms with E-state index in [0.29, 0.717) is 17.1 Å². The zero-order valence-electron chi connectivity index (χ0n) is 15.1. The van der Waals surface area contributed by atoms with Gasteiger partial charge in [0.05, 0.1) is 4.92 Å². The first-order chi connectivity index (χ1) is 13.4. The molecule has 0 saturated heterocycles. The lowest BCUT2D eigenvalue weighted by molar-refractivity contribution is -0.387. The third kappa shape index (κ3) is 4.36. The average molecular weight is 398 g/mol. The monoisotopic (exact) mass is 398 g/mol. The number of hydrogen-bond acceptors (Lipinski definition) is 5. The molecule has 0 spiro atoms. The highest BCUT2D eigenvalue weighted by molar-refractivity contribution is 7.89. The van der Waals surface area contributed by atoms with E-state index in [0.717, 1.165) is 4.31 Å². The van der Waals surface area contributed by atoms with Crippen LogP contribution in [0, 0.1) is 10.1 Å². The summed E-state index contributed by atoms with van der Waals surface area (Å²) in [5.41, 5.74) is 0.244. The molecule has 0 amide bonds. The van der Waals surface area contributed by atoms with Gasteiger partial charge in [-0.2, -0.15) is 4.31 Å². The quantitative estimate of drug-likeness (QED) is 0.439. The fraction of sp³-hybridized carbons (Fsp3) is 0.100. The zero-order chi connectivity index (χ0) is 20.1. The average Bonchev–Trinajstić information content (AvgIpc) is 2.69. The lowest BCUT2D eigenvalue weighted by Crippen LogP contribution is -2.27. The summed E-state index contributed by atoms with van der Waals surface area (Å²) in [6, 6.07) is 21.6. The molecule has 0 heterocycles. The Hall–Kier alpha value is -3.23. The number of hydrogen-bond donors (Lipinski definition) is 0. The van der Waals surface area contributed by atoms with E-state index < -0.39 is 20.6 Å². The van der Waals surface area contributed by atoms with Crippen LogP contribution in [-0.2, 0) is 16.6 Å². The maximum absolute atomic E-state index is 12.8. The van der Waals surface area contributed by atoms with Gasteiger partial charge in [0.1, 0.15) is 11.5 Å². The largest absolute Gasteiger partial charge is 0.457 e. The summed E-state index contributed by atoms with van der Waals surface area (Å²) in [5.74, 6) is 1.24. The Morgan fingerprint density at radius 2 is 1.57 bits per heavy atom. The third-order valence-electron chi connectivity index (χ3n) is 4.03. The first-order valence-corrected chi connectivity index (χ1v) is 9.83. The van der Waals surface area contributed by atoms with Crippen LogP contribution in [0.2, 0.25) is 0 Å². The summed E-state index contributed by atoms with van der Waals surface area (Å²) in [5, 5.41) is 11.2. The van der Waals surface area contributed by atoms with E-state index in [1.807, 2.05) is 30.3 Å². The number of para-hydroxylation sites is 2. The number of ether oxygens (including phenoxy) is 1. The van der Waals surface area contributed by atoms with Crippen LogP contribution in [0.3, 0.4) is 0 Å². The van der Waals surface area contributed by atoms with Gasteiger partial charge in [0.25, 0.3) is 5.69 Å². The lowest BCUT2D eigenvalue weighted by Gasteiger charge is -2.17. The maximum atomic E-state index is 12.8. The molecule has 0 atom stereocenters. The molecule has 0 aromatic heterocycles. The van der Waals surface area contributed by atoms with E-state index in [9.17, 15) is 18.5 Å². The van der Waals surface area contributed by atoms with Gasteiger partial charge in [-0.05, 0) is 35.9 Å². The van der Waals surface area contributed by atoms with Crippen molar-refractivity contribution in [2.24, 2.45) is 0 Å². The smallest absolute Gasteiger partial charge is 0.289 e. The Bertz CT molecular complexity index is 1080. The molecule has 0 aliphatic carbocycles. The number of sulfonamides is 1. The molecule has 144 valence electrons. The molecule has 0 saturated carbocycles. The highest BCUT2D eigenvalue weighted by atomic mass is 32.2. The van der Waals surface area contributed by atoms with E-state index in [1.165, 1.54) is 31.3 Å². The van der Waals surface area contributed by atoms with Crippen molar-refractivity contribution >= 4 is 15.7 Å². The number of rotatable bonds is 7. The van der Waals surface area contributed by atoms with Crippen LogP contribution in [0.4, 0.5) is 5.69 Å². The molecule has 0 unspecified atom stereocenters. The summed E-state index contributed by atoms with van der Waals surface area (Å²) in [6.45, 7) is 0.0420. The molecule has 8 heteroatoms. The molecule has 3 rings (SSSR count). The van der Waals surface area contributed by atoms with Crippen LogP contribution >= 0.6 is 0 Å². The molecule has 0 N–H and O–H groups in total. The van der Waals surface area contributed by atoms with Gasteiger partial charge in [-0.15, -0.1) is 0 Å². The Morgan fingerprint density at radius 3 is 2.29 bits per heavy atom. The first-order valence-electron chi connectivity index (χ1n) is 8.39. The van der Waals surface area contributed by atoms with Crippen molar-refractivity contribution in [2.45, 2.75) is 11.4 Å². The van der Waals surface area contributed by atoms with E-state index in [4.69, 9.17) is 4.74 Å². The van der Waals surface area contributed by atoms with Gasteiger partial charge in [0, 0.05) is 19.7 Å². The number of nitrogens with zero attached hydrogens (tertiary/aromatic N) is 2. The molecular weight excluding hydrogens is 380 g/mol. The predicted octanol–water partition coefficient (Wildman–Crippen LogP) is 4.21. The van der Waals surface area contributed by atoms with Crippen LogP contribution in [0.5, 0.6) is 11.5 Å². The van der Waals surface area contributed by atoms with Gasteiger partial charge >= 0.3 is 0 Å². The summed E-state index contributed by atoms with van der Waals surface area (Å²) in [6.07, 6.45) is 0. The second kappa shape index (κ2) is 8.20. The van der Waals surface area contributed by atoms with E-state index in [-0.39, 0.29) is 11.4 Å². The molecule has 3 aromatic carbocycles. The summed E-state index contributed by atoms with van der Waals surface area (Å²) in [7, 11) is -2.65. The topological polar surface area (TPSA) is 89.8 Å². The summed E-state index contributed by atoms with van der Waals surface area (Å²) >= 11 is 0. The molecule has 0 aliphatic heterocycles. The highest BCUT2D eigenvalue weighted by Crippen LogP contribution is 2.27. The van der Waals surface area contributed by atoms with Crippen LogP contribution in [-0.4, -0.2) is 24.7 Å². The van der Waals surface area contributed by atoms with Crippen molar-refractivity contribution in [1.82, 2.24) is 4.31 Å². The van der Waals surface area contributed by atoms with Crippen molar-refractivity contribution in [3.63, 3.8) is 0 Å². The summed E-state index contributed by atoms with van der Waals surface area (Å²) < 4.78 is 32.5. The van der Waals surface area contributed by atoms with Crippen molar-refractivity contribution in [2.75, 3.05) is 7.05 Å². The normalized spacial score (nSPS) is 11.4. The zero-order valence-corrected chi connectivity index (χ0v) is 15.9. The van der Waals surface area contributed by atoms with Gasteiger partial charge in [-0.3, -0.25) is 10.1 Å². The van der Waals surface area contributed by atoms with E-state index >= 15 is 0 Å². The molecule has 0 bridgehead atoms. The molecule has 0 radical (unpaired) electrons. The van der Waals surface area contributed by atoms with Crippen LogP contribution in [0.15, 0.2) is 83.8 Å². The lowest BCUT2D eigenvalue weighted by atomic mass is 10.2. The fourth-order valence-electron chi connectivity index (χ4n) is 2.67. The molecule has 3 aromatic rings. The van der Waals surface area contributed by atoms with Gasteiger partial charge in [-0.1, -0.05) is 42.5 Å². The van der Waals surface area contributed by atoms with Crippen molar-refractivity contribution in [3.05, 3.63) is 94.5 Å². The molecular formula is C20H18N2O5S. The minimum Gasteiger partial charge on any atom is -0.457 e. The van der Waals surface area contributed by atoms with Crippen molar-refractivity contribution < 1.29 is 18.1 Å². The Kier molecular flexibility index (Phi) is 5.72. The Labute approximate surface area is 163 Å². The second-order valence-electron chi connectivity index (χ2n) is 6.05. The second-order valence-corrected chi connectivity index (χ2v) is 8.06. The SMILES string of the molecule is CN(Cc1cccc(Oc2ccccc2)c1)S(=O)(=O)c1ccccc1[N+](=O)[O-]. The molecule has 0 aliphatic rings. The van der Waals surface area contributed by atoms with Gasteiger partial charge in [0.15, 0.2) is 4.90 Å². The van der Waals surface area contributed by atoms with Gasteiger partial charge in [-0.25, -0.2) is 8.42 Å². The minimum atomic E-state index is -4.03. The first kappa shape index (κ1) is 19.5. The minimum absolute atomic E-state index is 0.0420. The van der Waals surface area contributed by atoms with Crippen LogP contribution in [0.25, 0.3) is 0 Å².